The quantitative estimate of drug-likeness (QED) is 0.294. The first-order valence-electron chi connectivity index (χ1n) is 12.5. The molecule has 0 spiro atoms. The molecule has 0 radical (unpaired) electrons. The second kappa shape index (κ2) is 10.9. The fourth-order valence-electron chi connectivity index (χ4n) is 5.89. The van der Waals surface area contributed by atoms with Crippen LogP contribution in [-0.4, -0.2) is 23.1 Å². The van der Waals surface area contributed by atoms with Crippen molar-refractivity contribution < 1.29 is 19.2 Å². The molecule has 0 aliphatic heterocycles. The van der Waals surface area contributed by atoms with E-state index in [1.165, 1.54) is 6.92 Å². The summed E-state index contributed by atoms with van der Waals surface area (Å²) in [6.45, 7) is 15.5. The van der Waals surface area contributed by atoms with Crippen LogP contribution in [0.15, 0.2) is 6.07 Å². The van der Waals surface area contributed by atoms with Crippen LogP contribution in [-0.2, 0) is 21.4 Å². The molecule has 1 aliphatic rings. The molecule has 33 heavy (non-hydrogen) atoms. The van der Waals surface area contributed by atoms with E-state index in [1.807, 2.05) is 19.9 Å². The molecular weight excluding hydrogens is 412 g/mol. The number of carbonyl (C=O) groups excluding carboxylic acids is 4. The van der Waals surface area contributed by atoms with Gasteiger partial charge in [0.15, 0.2) is 11.6 Å². The van der Waals surface area contributed by atoms with Crippen LogP contribution in [0.1, 0.15) is 124 Å². The van der Waals surface area contributed by atoms with Crippen molar-refractivity contribution in [3.8, 4) is 0 Å². The third kappa shape index (κ3) is 6.28. The Morgan fingerprint density at radius 2 is 1.73 bits per heavy atom. The van der Waals surface area contributed by atoms with E-state index in [1.54, 1.807) is 6.92 Å². The van der Waals surface area contributed by atoms with Crippen LogP contribution in [0.5, 0.6) is 0 Å². The minimum Gasteiger partial charge on any atom is -0.300 e. The van der Waals surface area contributed by atoms with Gasteiger partial charge >= 0.3 is 0 Å². The molecule has 1 aromatic carbocycles. The van der Waals surface area contributed by atoms with Crippen molar-refractivity contribution >= 4 is 23.1 Å². The van der Waals surface area contributed by atoms with Gasteiger partial charge < -0.3 is 0 Å². The van der Waals surface area contributed by atoms with Gasteiger partial charge in [-0.05, 0) is 80.0 Å². The highest BCUT2D eigenvalue weighted by atomic mass is 16.1. The Hall–Kier alpha value is -2.10. The lowest BCUT2D eigenvalue weighted by atomic mass is 9.69. The zero-order valence-corrected chi connectivity index (χ0v) is 21.9. The zero-order chi connectivity index (χ0) is 25.1. The predicted octanol–water partition coefficient (Wildman–Crippen LogP) is 6.62. The highest BCUT2D eigenvalue weighted by Gasteiger charge is 2.35. The molecule has 1 aliphatic carbocycles. The van der Waals surface area contributed by atoms with Gasteiger partial charge in [0.05, 0.1) is 6.42 Å². The molecule has 0 fully saturated rings. The van der Waals surface area contributed by atoms with E-state index in [0.29, 0.717) is 24.8 Å². The molecule has 4 heteroatoms. The standard InChI is InChI=1S/C29H42O4/c1-9-11-21(22(10-2)26(32)12-17(3)30)13-20-14-24-23(19(5)31)16-25(29(6,7)8)18(4)28(24)27(33)15-20/h16,20-22H,9-15H2,1-8H3. The van der Waals surface area contributed by atoms with Crippen LogP contribution in [0.25, 0.3) is 0 Å². The first-order chi connectivity index (χ1) is 15.3. The van der Waals surface area contributed by atoms with Crippen molar-refractivity contribution in [3.05, 3.63) is 33.9 Å². The molecule has 2 rings (SSSR count). The maximum atomic E-state index is 13.4. The summed E-state index contributed by atoms with van der Waals surface area (Å²) in [6.07, 6.45) is 4.49. The van der Waals surface area contributed by atoms with E-state index < -0.39 is 0 Å². The molecule has 0 saturated heterocycles. The molecule has 3 unspecified atom stereocenters. The lowest BCUT2D eigenvalue weighted by Crippen LogP contribution is -2.31. The van der Waals surface area contributed by atoms with Crippen LogP contribution in [0, 0.1) is 24.7 Å². The molecule has 0 bridgehead atoms. The van der Waals surface area contributed by atoms with Crippen LogP contribution in [0.3, 0.4) is 0 Å². The Balaban J connectivity index is 2.44. The first kappa shape index (κ1) is 27.1. The topological polar surface area (TPSA) is 68.3 Å². The van der Waals surface area contributed by atoms with Gasteiger partial charge in [-0.2, -0.15) is 0 Å². The van der Waals surface area contributed by atoms with Crippen molar-refractivity contribution in [2.24, 2.45) is 17.8 Å². The minimum absolute atomic E-state index is 0.00150. The number of carbonyl (C=O) groups is 4. The van der Waals surface area contributed by atoms with Gasteiger partial charge in [-0.3, -0.25) is 19.2 Å². The number of hydrogen-bond donors (Lipinski definition) is 0. The monoisotopic (exact) mass is 454 g/mol. The van der Waals surface area contributed by atoms with Crippen molar-refractivity contribution in [3.63, 3.8) is 0 Å². The lowest BCUT2D eigenvalue weighted by Gasteiger charge is -2.34. The number of benzene rings is 1. The second-order valence-corrected chi connectivity index (χ2v) is 11.1. The van der Waals surface area contributed by atoms with Crippen LogP contribution >= 0.6 is 0 Å². The summed E-state index contributed by atoms with van der Waals surface area (Å²) in [7, 11) is 0. The Kier molecular flexibility index (Phi) is 8.95. The maximum Gasteiger partial charge on any atom is 0.163 e. The fourth-order valence-corrected chi connectivity index (χ4v) is 5.89. The van der Waals surface area contributed by atoms with E-state index in [2.05, 4.69) is 27.7 Å². The molecule has 4 nitrogen and oxygen atoms in total. The summed E-state index contributed by atoms with van der Waals surface area (Å²) in [5.74, 6) is 0.167. The van der Waals surface area contributed by atoms with E-state index in [-0.39, 0.29) is 52.7 Å². The van der Waals surface area contributed by atoms with E-state index in [9.17, 15) is 19.2 Å². The van der Waals surface area contributed by atoms with Crippen molar-refractivity contribution in [2.75, 3.05) is 0 Å². The largest absolute Gasteiger partial charge is 0.300 e. The smallest absolute Gasteiger partial charge is 0.163 e. The van der Waals surface area contributed by atoms with Gasteiger partial charge in [0.25, 0.3) is 0 Å². The Bertz CT molecular complexity index is 932. The number of fused-ring (bicyclic) bond motifs is 1. The third-order valence-electron chi connectivity index (χ3n) is 7.27. The number of Topliss-reactive ketones (excluding diaryl/α,β-unsaturated/α-hetero) is 4. The second-order valence-electron chi connectivity index (χ2n) is 11.1. The SMILES string of the molecule is CCCC(CC1CC(=O)c2c(C)c(C(C)(C)C)cc(C(C)=O)c2C1)C(CC)C(=O)CC(C)=O. The molecule has 0 N–H and O–H groups in total. The number of hydrogen-bond acceptors (Lipinski definition) is 4. The van der Waals surface area contributed by atoms with E-state index in [0.717, 1.165) is 41.5 Å². The maximum absolute atomic E-state index is 13.4. The van der Waals surface area contributed by atoms with Gasteiger partial charge in [0.2, 0.25) is 0 Å². The van der Waals surface area contributed by atoms with Crippen molar-refractivity contribution in [2.45, 2.75) is 106 Å². The molecular formula is C29H42O4. The normalized spacial score (nSPS) is 17.9. The molecule has 3 atom stereocenters. The summed E-state index contributed by atoms with van der Waals surface area (Å²) >= 11 is 0. The summed E-state index contributed by atoms with van der Waals surface area (Å²) < 4.78 is 0. The summed E-state index contributed by atoms with van der Waals surface area (Å²) in [5.41, 5.74) is 4.22. The molecule has 0 heterocycles. The Morgan fingerprint density at radius 3 is 2.21 bits per heavy atom. The van der Waals surface area contributed by atoms with Gasteiger partial charge in [-0.1, -0.05) is 47.5 Å². The average molecular weight is 455 g/mol. The molecule has 0 saturated carbocycles. The summed E-state index contributed by atoms with van der Waals surface area (Å²) in [5, 5.41) is 0. The molecule has 1 aromatic rings. The Morgan fingerprint density at radius 1 is 1.09 bits per heavy atom. The molecule has 182 valence electrons. The van der Waals surface area contributed by atoms with Gasteiger partial charge in [0, 0.05) is 23.5 Å². The minimum atomic E-state index is -0.155. The first-order valence-corrected chi connectivity index (χ1v) is 12.5. The number of rotatable bonds is 10. The number of ketones is 4. The van der Waals surface area contributed by atoms with Crippen molar-refractivity contribution in [1.29, 1.82) is 0 Å². The fraction of sp³-hybridized carbons (Fsp3) is 0.655. The van der Waals surface area contributed by atoms with Gasteiger partial charge in [0.1, 0.15) is 11.6 Å². The zero-order valence-electron chi connectivity index (χ0n) is 21.9. The van der Waals surface area contributed by atoms with Crippen LogP contribution in [0.4, 0.5) is 0 Å². The molecule has 0 amide bonds. The van der Waals surface area contributed by atoms with Gasteiger partial charge in [-0.25, -0.2) is 0 Å². The summed E-state index contributed by atoms with van der Waals surface area (Å²) in [4.78, 5) is 50.4. The summed E-state index contributed by atoms with van der Waals surface area (Å²) in [6, 6.07) is 2.00. The molecule has 0 aromatic heterocycles. The third-order valence-corrected chi connectivity index (χ3v) is 7.27. The predicted molar refractivity (Wildman–Crippen MR) is 133 cm³/mol. The highest BCUT2D eigenvalue weighted by molar-refractivity contribution is 6.05. The van der Waals surface area contributed by atoms with Crippen molar-refractivity contribution in [1.82, 2.24) is 0 Å². The van der Waals surface area contributed by atoms with Gasteiger partial charge in [-0.15, -0.1) is 0 Å². The van der Waals surface area contributed by atoms with Crippen LogP contribution in [0.2, 0.25) is 0 Å². The van der Waals surface area contributed by atoms with E-state index >= 15 is 0 Å². The van der Waals surface area contributed by atoms with E-state index in [4.69, 9.17) is 0 Å². The lowest BCUT2D eigenvalue weighted by molar-refractivity contribution is -0.129. The van der Waals surface area contributed by atoms with Crippen LogP contribution < -0.4 is 0 Å². The Labute approximate surface area is 199 Å². The highest BCUT2D eigenvalue weighted by Crippen LogP contribution is 2.40. The average Bonchev–Trinajstić information content (AvgIpc) is 2.66.